The summed E-state index contributed by atoms with van der Waals surface area (Å²) in [5, 5.41) is 2.62. The first-order valence-corrected chi connectivity index (χ1v) is 10.2. The molecule has 30 heavy (non-hydrogen) atoms. The molecule has 2 aliphatic rings. The van der Waals surface area contributed by atoms with Crippen molar-refractivity contribution in [2.75, 3.05) is 18.4 Å². The lowest BCUT2D eigenvalue weighted by molar-refractivity contribution is -0.137. The van der Waals surface area contributed by atoms with Gasteiger partial charge in [0.1, 0.15) is 11.4 Å². The zero-order chi connectivity index (χ0) is 21.5. The van der Waals surface area contributed by atoms with Gasteiger partial charge < -0.3 is 15.0 Å². The molecule has 0 aliphatic carbocycles. The fourth-order valence-electron chi connectivity index (χ4n) is 3.81. The second kappa shape index (κ2) is 7.61. The van der Waals surface area contributed by atoms with Gasteiger partial charge in [-0.25, -0.2) is 4.79 Å². The number of urea groups is 1. The van der Waals surface area contributed by atoms with E-state index in [1.54, 1.807) is 17.0 Å². The number of para-hydroxylation sites is 1. The molecule has 9 heteroatoms. The quantitative estimate of drug-likeness (QED) is 0.583. The van der Waals surface area contributed by atoms with Crippen LogP contribution < -0.4 is 10.1 Å². The smallest absolute Gasteiger partial charge is 0.416 e. The molecular weight excluding hydrogens is 465 g/mol. The van der Waals surface area contributed by atoms with Gasteiger partial charge in [0.25, 0.3) is 0 Å². The third-order valence-electron chi connectivity index (χ3n) is 5.49. The molecule has 4 rings (SSSR count). The number of nitrogens with one attached hydrogen (secondary N) is 1. The maximum Gasteiger partial charge on any atom is 0.416 e. The van der Waals surface area contributed by atoms with Crippen LogP contribution in [-0.4, -0.2) is 35.4 Å². The van der Waals surface area contributed by atoms with Crippen LogP contribution in [-0.2, 0) is 6.18 Å². The fraction of sp³-hybridized carbons (Fsp3) is 0.333. The molecule has 2 aromatic rings. The molecule has 1 spiro atoms. The molecule has 2 heterocycles. The maximum absolute atomic E-state index is 12.7. The minimum atomic E-state index is -4.42. The monoisotopic (exact) mass is 482 g/mol. The second-order valence-electron chi connectivity index (χ2n) is 7.49. The van der Waals surface area contributed by atoms with Gasteiger partial charge in [0.05, 0.1) is 22.0 Å². The van der Waals surface area contributed by atoms with Crippen molar-refractivity contribution in [2.24, 2.45) is 0 Å². The number of ether oxygens (including phenoxy) is 1. The molecule has 5 nitrogen and oxygen atoms in total. The Morgan fingerprint density at radius 3 is 2.40 bits per heavy atom. The Morgan fingerprint density at radius 1 is 1.10 bits per heavy atom. The third-order valence-corrected chi connectivity index (χ3v) is 6.12. The van der Waals surface area contributed by atoms with Crippen LogP contribution in [0.4, 0.5) is 23.7 Å². The topological polar surface area (TPSA) is 58.6 Å². The lowest BCUT2D eigenvalue weighted by Crippen LogP contribution is -2.53. The minimum absolute atomic E-state index is 0.0141. The van der Waals surface area contributed by atoms with Crippen molar-refractivity contribution >= 4 is 33.4 Å². The predicted octanol–water partition coefficient (Wildman–Crippen LogP) is 5.50. The summed E-state index contributed by atoms with van der Waals surface area (Å²) in [7, 11) is 0. The first-order valence-electron chi connectivity index (χ1n) is 9.41. The predicted molar refractivity (Wildman–Crippen MR) is 108 cm³/mol. The molecule has 2 amide bonds. The van der Waals surface area contributed by atoms with E-state index in [-0.39, 0.29) is 17.9 Å². The molecule has 0 saturated carbocycles. The Kier molecular flexibility index (Phi) is 5.25. The van der Waals surface area contributed by atoms with Crippen LogP contribution in [0.5, 0.6) is 5.75 Å². The van der Waals surface area contributed by atoms with Gasteiger partial charge in [0, 0.05) is 31.6 Å². The van der Waals surface area contributed by atoms with Gasteiger partial charge in [-0.15, -0.1) is 0 Å². The molecule has 0 bridgehead atoms. The number of hydrogen-bond acceptors (Lipinski definition) is 3. The summed E-state index contributed by atoms with van der Waals surface area (Å²) in [6.45, 7) is 0.749. The Bertz CT molecular complexity index is 984. The van der Waals surface area contributed by atoms with E-state index in [0.717, 1.165) is 16.6 Å². The van der Waals surface area contributed by atoms with Crippen molar-refractivity contribution in [1.82, 2.24) is 4.90 Å². The number of carbonyl (C=O) groups is 2. The molecule has 1 fully saturated rings. The molecule has 0 aromatic heterocycles. The van der Waals surface area contributed by atoms with Gasteiger partial charge in [-0.2, -0.15) is 13.2 Å². The number of alkyl halides is 3. The average Bonchev–Trinajstić information content (AvgIpc) is 2.69. The molecule has 0 radical (unpaired) electrons. The summed E-state index contributed by atoms with van der Waals surface area (Å²) in [5.41, 5.74) is -0.585. The van der Waals surface area contributed by atoms with E-state index in [4.69, 9.17) is 4.74 Å². The number of anilines is 1. The molecule has 2 aliphatic heterocycles. The van der Waals surface area contributed by atoms with E-state index in [1.165, 1.54) is 12.1 Å². The minimum Gasteiger partial charge on any atom is -0.485 e. The van der Waals surface area contributed by atoms with Crippen LogP contribution >= 0.6 is 15.9 Å². The van der Waals surface area contributed by atoms with Gasteiger partial charge in [0.2, 0.25) is 0 Å². The first kappa shape index (κ1) is 20.7. The fourth-order valence-corrected chi connectivity index (χ4v) is 4.26. The van der Waals surface area contributed by atoms with Gasteiger partial charge >= 0.3 is 12.2 Å². The summed E-state index contributed by atoms with van der Waals surface area (Å²) >= 11 is 3.43. The highest BCUT2D eigenvalue weighted by Crippen LogP contribution is 2.42. The zero-order valence-corrected chi connectivity index (χ0v) is 17.3. The number of nitrogens with zero attached hydrogens (tertiary/aromatic N) is 1. The molecule has 158 valence electrons. The van der Waals surface area contributed by atoms with E-state index in [1.807, 2.05) is 6.07 Å². The number of amides is 2. The van der Waals surface area contributed by atoms with Crippen molar-refractivity contribution < 1.29 is 27.5 Å². The van der Waals surface area contributed by atoms with Crippen LogP contribution in [0.2, 0.25) is 0 Å². The molecule has 1 saturated heterocycles. The van der Waals surface area contributed by atoms with Crippen molar-refractivity contribution in [2.45, 2.75) is 31.0 Å². The lowest BCUT2D eigenvalue weighted by Gasteiger charge is -2.44. The van der Waals surface area contributed by atoms with E-state index < -0.39 is 23.4 Å². The van der Waals surface area contributed by atoms with Crippen LogP contribution in [0.15, 0.2) is 46.9 Å². The Balaban J connectivity index is 1.39. The third kappa shape index (κ3) is 4.03. The molecule has 0 atom stereocenters. The van der Waals surface area contributed by atoms with Crippen molar-refractivity contribution in [3.05, 3.63) is 58.1 Å². The largest absolute Gasteiger partial charge is 0.485 e. The van der Waals surface area contributed by atoms with E-state index >= 15 is 0 Å². The Labute approximate surface area is 179 Å². The average molecular weight is 483 g/mol. The molecule has 0 unspecified atom stereocenters. The summed E-state index contributed by atoms with van der Waals surface area (Å²) < 4.78 is 44.9. The van der Waals surface area contributed by atoms with Gasteiger partial charge in [-0.05, 0) is 52.3 Å². The normalized spacial score (nSPS) is 18.0. The Hall–Kier alpha value is -2.55. The van der Waals surface area contributed by atoms with Crippen molar-refractivity contribution in [3.8, 4) is 5.75 Å². The van der Waals surface area contributed by atoms with Gasteiger partial charge in [-0.1, -0.05) is 6.07 Å². The standard InChI is InChI=1S/C21H18BrF3N2O3/c22-16-3-1-2-15-17(28)12-20(30-18(15)16)8-10-27(11-9-20)19(29)26-14-6-4-13(5-7-14)21(23,24)25/h1-7H,8-12H2,(H,26,29). The second-order valence-corrected chi connectivity index (χ2v) is 8.35. The highest BCUT2D eigenvalue weighted by molar-refractivity contribution is 9.10. The van der Waals surface area contributed by atoms with Crippen LogP contribution in [0.1, 0.15) is 35.2 Å². The lowest BCUT2D eigenvalue weighted by atomic mass is 9.82. The zero-order valence-electron chi connectivity index (χ0n) is 15.8. The van der Waals surface area contributed by atoms with Crippen LogP contribution in [0, 0.1) is 0 Å². The highest BCUT2D eigenvalue weighted by Gasteiger charge is 2.44. The number of fused-ring (bicyclic) bond motifs is 1. The van der Waals surface area contributed by atoms with E-state index in [0.29, 0.717) is 37.2 Å². The number of hydrogen-bond donors (Lipinski definition) is 1. The van der Waals surface area contributed by atoms with Gasteiger partial charge in [-0.3, -0.25) is 4.79 Å². The number of Topliss-reactive ketones (excluding diaryl/α,β-unsaturated/α-hetero) is 1. The van der Waals surface area contributed by atoms with E-state index in [9.17, 15) is 22.8 Å². The number of halogens is 4. The Morgan fingerprint density at radius 2 is 1.77 bits per heavy atom. The molecule has 2 aromatic carbocycles. The molecular formula is C21H18BrF3N2O3. The van der Waals surface area contributed by atoms with Crippen molar-refractivity contribution in [3.63, 3.8) is 0 Å². The SMILES string of the molecule is O=C1CC2(CCN(C(=O)Nc3ccc(C(F)(F)F)cc3)CC2)Oc2c(Br)cccc21. The highest BCUT2D eigenvalue weighted by atomic mass is 79.9. The number of rotatable bonds is 1. The number of piperidine rings is 1. The molecule has 1 N–H and O–H groups in total. The summed E-state index contributed by atoms with van der Waals surface area (Å²) in [6, 6.07) is 9.26. The number of likely N-dealkylation sites (tertiary alicyclic amines) is 1. The summed E-state index contributed by atoms with van der Waals surface area (Å²) in [5.74, 6) is 0.552. The van der Waals surface area contributed by atoms with Crippen LogP contribution in [0.3, 0.4) is 0 Å². The number of carbonyl (C=O) groups excluding carboxylic acids is 2. The van der Waals surface area contributed by atoms with Crippen molar-refractivity contribution in [1.29, 1.82) is 0 Å². The summed E-state index contributed by atoms with van der Waals surface area (Å²) in [6.07, 6.45) is -3.19. The van der Waals surface area contributed by atoms with Crippen LogP contribution in [0.25, 0.3) is 0 Å². The number of benzene rings is 2. The summed E-state index contributed by atoms with van der Waals surface area (Å²) in [4.78, 5) is 26.7. The van der Waals surface area contributed by atoms with Gasteiger partial charge in [0.15, 0.2) is 5.78 Å². The van der Waals surface area contributed by atoms with E-state index in [2.05, 4.69) is 21.2 Å². The maximum atomic E-state index is 12.7. The first-order chi connectivity index (χ1) is 14.2. The number of ketones is 1.